The summed E-state index contributed by atoms with van der Waals surface area (Å²) in [6, 6.07) is 0.913. The van der Waals surface area contributed by atoms with Gasteiger partial charge >= 0.3 is 0 Å². The second-order valence-electron chi connectivity index (χ2n) is 3.67. The minimum Gasteiger partial charge on any atom is -0.445 e. The van der Waals surface area contributed by atoms with Gasteiger partial charge in [-0.15, -0.1) is 11.3 Å². The van der Waals surface area contributed by atoms with Crippen molar-refractivity contribution in [3.63, 3.8) is 0 Å². The molecule has 0 aliphatic rings. The predicted molar refractivity (Wildman–Crippen MR) is 71.2 cm³/mol. The highest BCUT2D eigenvalue weighted by atomic mass is 35.5. The lowest BCUT2D eigenvalue weighted by atomic mass is 10.6. The van der Waals surface area contributed by atoms with Crippen LogP contribution >= 0.6 is 22.9 Å². The number of oxazole rings is 1. The molecular formula is C9H8ClN3O5S2. The number of nitrogens with zero attached hydrogens (tertiary/aromatic N) is 2. The van der Waals surface area contributed by atoms with Crippen molar-refractivity contribution in [1.82, 2.24) is 9.71 Å². The fourth-order valence-corrected chi connectivity index (χ4v) is 3.99. The van der Waals surface area contributed by atoms with Gasteiger partial charge in [0.05, 0.1) is 17.7 Å². The van der Waals surface area contributed by atoms with Crippen LogP contribution in [0.2, 0.25) is 4.34 Å². The zero-order valence-corrected chi connectivity index (χ0v) is 12.4. The molecule has 0 aromatic carbocycles. The van der Waals surface area contributed by atoms with Crippen LogP contribution in [0.3, 0.4) is 0 Å². The molecule has 0 fully saturated rings. The Morgan fingerprint density at radius 1 is 1.60 bits per heavy atom. The van der Waals surface area contributed by atoms with Crippen LogP contribution < -0.4 is 4.72 Å². The molecule has 2 aromatic heterocycles. The van der Waals surface area contributed by atoms with E-state index in [-0.39, 0.29) is 21.0 Å². The summed E-state index contributed by atoms with van der Waals surface area (Å²) < 4.78 is 30.8. The molecule has 0 saturated heterocycles. The van der Waals surface area contributed by atoms with Crippen LogP contribution in [-0.4, -0.2) is 18.3 Å². The molecule has 0 saturated carbocycles. The lowest BCUT2D eigenvalue weighted by molar-refractivity contribution is -0.384. The first-order valence-corrected chi connectivity index (χ1v) is 7.82. The molecule has 0 spiro atoms. The van der Waals surface area contributed by atoms with Gasteiger partial charge in [-0.3, -0.25) is 10.1 Å². The quantitative estimate of drug-likeness (QED) is 0.659. The summed E-state index contributed by atoms with van der Waals surface area (Å²) in [6.45, 7) is 1.52. The monoisotopic (exact) mass is 337 g/mol. The molecule has 108 valence electrons. The van der Waals surface area contributed by atoms with Gasteiger partial charge in [-0.25, -0.2) is 18.1 Å². The van der Waals surface area contributed by atoms with Crippen LogP contribution in [0.5, 0.6) is 0 Å². The summed E-state index contributed by atoms with van der Waals surface area (Å²) in [4.78, 5) is 13.7. The number of sulfonamides is 1. The Bertz CT molecular complexity index is 751. The molecule has 0 aliphatic heterocycles. The summed E-state index contributed by atoms with van der Waals surface area (Å²) in [6.07, 6.45) is 1.45. The van der Waals surface area contributed by atoms with Gasteiger partial charge in [-0.1, -0.05) is 11.6 Å². The fraction of sp³-hybridized carbons (Fsp3) is 0.222. The van der Waals surface area contributed by atoms with Crippen LogP contribution in [-0.2, 0) is 16.6 Å². The largest absolute Gasteiger partial charge is 0.445 e. The number of hydrogen-bond donors (Lipinski definition) is 1. The van der Waals surface area contributed by atoms with Crippen molar-refractivity contribution in [3.8, 4) is 0 Å². The molecule has 1 N–H and O–H groups in total. The average molecular weight is 338 g/mol. The lowest BCUT2D eigenvalue weighted by Gasteiger charge is -2.00. The van der Waals surface area contributed by atoms with Crippen molar-refractivity contribution < 1.29 is 17.8 Å². The maximum atomic E-state index is 11.9. The Hall–Kier alpha value is -1.49. The van der Waals surface area contributed by atoms with E-state index in [1.807, 2.05) is 0 Å². The summed E-state index contributed by atoms with van der Waals surface area (Å²) >= 11 is 6.23. The third-order valence-corrected chi connectivity index (χ3v) is 5.40. The van der Waals surface area contributed by atoms with E-state index in [1.54, 1.807) is 6.92 Å². The molecular weight excluding hydrogens is 330 g/mol. The SMILES string of the molecule is Cc1cnc(CNS(=O)(=O)c2cc([N+](=O)[O-])c(Cl)s2)o1. The van der Waals surface area contributed by atoms with Gasteiger partial charge < -0.3 is 4.42 Å². The predicted octanol–water partition coefficient (Wildman–Crippen LogP) is 2.08. The number of aryl methyl sites for hydroxylation is 1. The fourth-order valence-electron chi connectivity index (χ4n) is 1.31. The lowest BCUT2D eigenvalue weighted by Crippen LogP contribution is -2.22. The third-order valence-electron chi connectivity index (χ3n) is 2.19. The number of halogens is 1. The smallest absolute Gasteiger partial charge is 0.300 e. The van der Waals surface area contributed by atoms with Gasteiger partial charge in [0, 0.05) is 6.07 Å². The van der Waals surface area contributed by atoms with Crippen molar-refractivity contribution in [2.24, 2.45) is 0 Å². The Kier molecular flexibility index (Phi) is 4.09. The van der Waals surface area contributed by atoms with E-state index in [9.17, 15) is 18.5 Å². The summed E-state index contributed by atoms with van der Waals surface area (Å²) in [5.74, 6) is 0.747. The summed E-state index contributed by atoms with van der Waals surface area (Å²) in [5.41, 5.74) is -0.441. The van der Waals surface area contributed by atoms with Crippen molar-refractivity contribution in [2.45, 2.75) is 17.7 Å². The molecule has 11 heteroatoms. The van der Waals surface area contributed by atoms with Gasteiger partial charge in [-0.05, 0) is 6.92 Å². The van der Waals surface area contributed by atoms with E-state index in [4.69, 9.17) is 16.0 Å². The molecule has 0 amide bonds. The van der Waals surface area contributed by atoms with Crippen molar-refractivity contribution in [1.29, 1.82) is 0 Å². The van der Waals surface area contributed by atoms with Crippen LogP contribution in [0.4, 0.5) is 5.69 Å². The van der Waals surface area contributed by atoms with E-state index in [1.165, 1.54) is 6.20 Å². The molecule has 8 nitrogen and oxygen atoms in total. The Labute approximate surface area is 122 Å². The normalized spacial score (nSPS) is 11.7. The number of thiophene rings is 1. The molecule has 20 heavy (non-hydrogen) atoms. The van der Waals surface area contributed by atoms with E-state index >= 15 is 0 Å². The van der Waals surface area contributed by atoms with Crippen molar-refractivity contribution in [3.05, 3.63) is 38.4 Å². The number of aromatic nitrogens is 1. The van der Waals surface area contributed by atoms with Gasteiger partial charge in [0.1, 0.15) is 9.97 Å². The first kappa shape index (κ1) is 14.9. The standard InChI is InChI=1S/C9H8ClN3O5S2/c1-5-3-11-7(18-5)4-12-20(16,17)8-2-6(13(14)15)9(10)19-8/h2-3,12H,4H2,1H3. The summed E-state index contributed by atoms with van der Waals surface area (Å²) in [7, 11) is -3.90. The highest BCUT2D eigenvalue weighted by molar-refractivity contribution is 7.91. The topological polar surface area (TPSA) is 115 Å². The van der Waals surface area contributed by atoms with Gasteiger partial charge in [0.15, 0.2) is 4.34 Å². The number of nitrogens with one attached hydrogen (secondary N) is 1. The minimum absolute atomic E-state index is 0.153. The van der Waals surface area contributed by atoms with Gasteiger partial charge in [-0.2, -0.15) is 0 Å². The first-order valence-electron chi connectivity index (χ1n) is 5.14. The molecule has 0 unspecified atom stereocenters. The number of rotatable bonds is 5. The molecule has 0 radical (unpaired) electrons. The highest BCUT2D eigenvalue weighted by Crippen LogP contribution is 2.36. The van der Waals surface area contributed by atoms with Crippen LogP contribution in [0, 0.1) is 17.0 Å². The van der Waals surface area contributed by atoms with Crippen LogP contribution in [0.1, 0.15) is 11.7 Å². The molecule has 0 bridgehead atoms. The van der Waals surface area contributed by atoms with E-state index in [2.05, 4.69) is 9.71 Å². The zero-order chi connectivity index (χ0) is 14.9. The number of hydrogen-bond acceptors (Lipinski definition) is 7. The minimum atomic E-state index is -3.90. The Morgan fingerprint density at radius 2 is 2.30 bits per heavy atom. The Balaban J connectivity index is 2.18. The second-order valence-corrected chi connectivity index (χ2v) is 7.32. The summed E-state index contributed by atoms with van der Waals surface area (Å²) in [5, 5.41) is 10.6. The molecule has 2 rings (SSSR count). The van der Waals surface area contributed by atoms with Crippen molar-refractivity contribution >= 4 is 38.6 Å². The van der Waals surface area contributed by atoms with E-state index in [0.717, 1.165) is 6.07 Å². The van der Waals surface area contributed by atoms with Crippen molar-refractivity contribution in [2.75, 3.05) is 0 Å². The zero-order valence-electron chi connectivity index (χ0n) is 9.99. The molecule has 2 aromatic rings. The first-order chi connectivity index (χ1) is 9.29. The third kappa shape index (κ3) is 3.15. The van der Waals surface area contributed by atoms with Crippen LogP contribution in [0.15, 0.2) is 20.9 Å². The maximum Gasteiger partial charge on any atom is 0.300 e. The molecule has 0 aliphatic carbocycles. The number of nitro groups is 1. The van der Waals surface area contributed by atoms with Gasteiger partial charge in [0.25, 0.3) is 15.7 Å². The van der Waals surface area contributed by atoms with Gasteiger partial charge in [0.2, 0.25) is 5.89 Å². The molecule has 2 heterocycles. The van der Waals surface area contributed by atoms with E-state index < -0.39 is 20.6 Å². The van der Waals surface area contributed by atoms with Crippen LogP contribution in [0.25, 0.3) is 0 Å². The maximum absolute atomic E-state index is 11.9. The average Bonchev–Trinajstić information content (AvgIpc) is 2.93. The van der Waals surface area contributed by atoms with E-state index in [0.29, 0.717) is 17.1 Å². The molecule has 0 atom stereocenters. The Morgan fingerprint density at radius 3 is 2.80 bits per heavy atom. The highest BCUT2D eigenvalue weighted by Gasteiger charge is 2.25. The second kappa shape index (κ2) is 5.48.